The van der Waals surface area contributed by atoms with Crippen molar-refractivity contribution < 1.29 is 14.3 Å². The lowest BCUT2D eigenvalue weighted by molar-refractivity contribution is -0.135. The monoisotopic (exact) mass is 498 g/mol. The highest BCUT2D eigenvalue weighted by Gasteiger charge is 2.35. The molecule has 2 aromatic carbocycles. The number of nitrogens with one attached hydrogen (secondary N) is 1. The van der Waals surface area contributed by atoms with Gasteiger partial charge < -0.3 is 19.9 Å². The van der Waals surface area contributed by atoms with Crippen LogP contribution < -0.4 is 15.0 Å². The third-order valence-corrected chi connectivity index (χ3v) is 7.55. The molecule has 1 saturated heterocycles. The number of piperidine rings is 1. The normalized spacial score (nSPS) is 19.5. The number of hydrogen-bond donors (Lipinski definition) is 1. The van der Waals surface area contributed by atoms with Crippen LogP contribution in [0.2, 0.25) is 0 Å². The van der Waals surface area contributed by atoms with Gasteiger partial charge in [-0.3, -0.25) is 14.6 Å². The summed E-state index contributed by atoms with van der Waals surface area (Å²) in [5.41, 5.74) is 5.14. The number of amides is 2. The first-order valence-corrected chi connectivity index (χ1v) is 13.0. The summed E-state index contributed by atoms with van der Waals surface area (Å²) in [5.74, 6) is 1.07. The third kappa shape index (κ3) is 5.37. The Hall–Kier alpha value is -3.71. The van der Waals surface area contributed by atoms with Gasteiger partial charge in [0, 0.05) is 56.2 Å². The second-order valence-electron chi connectivity index (χ2n) is 9.86. The molecule has 2 atom stereocenters. The van der Waals surface area contributed by atoms with Crippen molar-refractivity contribution in [3.63, 3.8) is 0 Å². The molecule has 1 aromatic heterocycles. The van der Waals surface area contributed by atoms with E-state index >= 15 is 0 Å². The number of methoxy groups -OCH3 is 1. The van der Waals surface area contributed by atoms with Crippen LogP contribution >= 0.6 is 0 Å². The molecule has 3 aromatic rings. The number of rotatable bonds is 7. The Morgan fingerprint density at radius 2 is 1.97 bits per heavy atom. The highest BCUT2D eigenvalue weighted by molar-refractivity contribution is 5.96. The maximum Gasteiger partial charge on any atom is 0.227 e. The van der Waals surface area contributed by atoms with Crippen LogP contribution in [0.5, 0.6) is 5.75 Å². The van der Waals surface area contributed by atoms with Crippen LogP contribution in [0, 0.1) is 0 Å². The van der Waals surface area contributed by atoms with E-state index in [4.69, 9.17) is 4.74 Å². The van der Waals surface area contributed by atoms with Crippen molar-refractivity contribution in [1.82, 2.24) is 15.2 Å². The number of nitrogens with zero attached hydrogens (tertiary/aromatic N) is 3. The van der Waals surface area contributed by atoms with Gasteiger partial charge in [0.2, 0.25) is 11.8 Å². The van der Waals surface area contributed by atoms with Gasteiger partial charge in [0.15, 0.2) is 0 Å². The summed E-state index contributed by atoms with van der Waals surface area (Å²) in [6.45, 7) is 1.31. The molecule has 0 bridgehead atoms. The smallest absolute Gasteiger partial charge is 0.227 e. The van der Waals surface area contributed by atoms with Crippen LogP contribution in [0.4, 0.5) is 5.69 Å². The SMILES string of the molecule is COc1cc2c(cc1CNC1CCCN(C(=O)Cc3cccnc3)C1c1ccccc1)N(C)C(=O)CC2. The summed E-state index contributed by atoms with van der Waals surface area (Å²) in [4.78, 5) is 33.8. The first-order chi connectivity index (χ1) is 18.0. The highest BCUT2D eigenvalue weighted by atomic mass is 16.5. The minimum atomic E-state index is -0.0769. The molecule has 2 aliphatic rings. The number of carbonyl (C=O) groups excluding carboxylic acids is 2. The number of ether oxygens (including phenoxy) is 1. The van der Waals surface area contributed by atoms with Gasteiger partial charge in [-0.05, 0) is 54.2 Å². The molecule has 2 aliphatic heterocycles. The number of carbonyl (C=O) groups is 2. The molecular formula is C30H34N4O3. The molecule has 0 saturated carbocycles. The lowest BCUT2D eigenvalue weighted by Gasteiger charge is -2.42. The molecule has 1 fully saturated rings. The number of aromatic nitrogens is 1. The number of likely N-dealkylation sites (tertiary alicyclic amines) is 1. The fraction of sp³-hybridized carbons (Fsp3) is 0.367. The number of benzene rings is 2. The van der Waals surface area contributed by atoms with E-state index in [1.54, 1.807) is 24.4 Å². The molecule has 2 unspecified atom stereocenters. The van der Waals surface area contributed by atoms with Crippen molar-refractivity contribution >= 4 is 17.5 Å². The standard InChI is InChI=1S/C30H34N4O3/c1-33-26-17-24(27(37-2)18-23(26)12-13-28(33)35)20-32-25-11-7-15-34(30(25)22-9-4-3-5-10-22)29(36)16-21-8-6-14-31-19-21/h3-6,8-10,14,17-19,25,30,32H,7,11-13,15-16,20H2,1-2H3. The van der Waals surface area contributed by atoms with Crippen LogP contribution in [0.1, 0.15) is 47.6 Å². The van der Waals surface area contributed by atoms with Crippen molar-refractivity contribution in [2.45, 2.75) is 50.7 Å². The lowest BCUT2D eigenvalue weighted by Crippen LogP contribution is -2.50. The fourth-order valence-electron chi connectivity index (χ4n) is 5.61. The Labute approximate surface area is 218 Å². The first-order valence-electron chi connectivity index (χ1n) is 13.0. The molecule has 3 heterocycles. The zero-order chi connectivity index (χ0) is 25.8. The van der Waals surface area contributed by atoms with Crippen molar-refractivity contribution in [2.75, 3.05) is 25.6 Å². The first kappa shape index (κ1) is 25.0. The van der Waals surface area contributed by atoms with Gasteiger partial charge in [0.1, 0.15) is 5.75 Å². The van der Waals surface area contributed by atoms with Gasteiger partial charge in [-0.1, -0.05) is 36.4 Å². The Morgan fingerprint density at radius 3 is 2.73 bits per heavy atom. The number of anilines is 1. The molecular weight excluding hydrogens is 464 g/mol. The molecule has 0 spiro atoms. The van der Waals surface area contributed by atoms with Crippen molar-refractivity contribution in [3.8, 4) is 5.75 Å². The third-order valence-electron chi connectivity index (χ3n) is 7.55. The Balaban J connectivity index is 1.40. The van der Waals surface area contributed by atoms with E-state index in [0.717, 1.165) is 59.5 Å². The molecule has 192 valence electrons. The summed E-state index contributed by atoms with van der Waals surface area (Å²) in [6, 6.07) is 18.2. The summed E-state index contributed by atoms with van der Waals surface area (Å²) in [7, 11) is 3.53. The zero-order valence-electron chi connectivity index (χ0n) is 21.5. The zero-order valence-corrected chi connectivity index (χ0v) is 21.5. The maximum atomic E-state index is 13.5. The van der Waals surface area contributed by atoms with Crippen LogP contribution in [-0.2, 0) is 29.0 Å². The second kappa shape index (κ2) is 11.1. The minimum Gasteiger partial charge on any atom is -0.496 e. The van der Waals surface area contributed by atoms with Crippen LogP contribution in [0.15, 0.2) is 67.0 Å². The number of aryl methyl sites for hydroxylation is 1. The van der Waals surface area contributed by atoms with Crippen molar-refractivity contribution in [3.05, 3.63) is 89.2 Å². The molecule has 7 heteroatoms. The van der Waals surface area contributed by atoms with E-state index in [9.17, 15) is 9.59 Å². The van der Waals surface area contributed by atoms with Gasteiger partial charge in [-0.25, -0.2) is 0 Å². The minimum absolute atomic E-state index is 0.0769. The van der Waals surface area contributed by atoms with E-state index in [1.807, 2.05) is 42.3 Å². The Morgan fingerprint density at radius 1 is 1.14 bits per heavy atom. The molecule has 5 rings (SSSR count). The van der Waals surface area contributed by atoms with Crippen LogP contribution in [0.25, 0.3) is 0 Å². The molecule has 7 nitrogen and oxygen atoms in total. The number of fused-ring (bicyclic) bond motifs is 1. The predicted molar refractivity (Wildman–Crippen MR) is 143 cm³/mol. The number of pyridine rings is 1. The lowest BCUT2D eigenvalue weighted by atomic mass is 9.89. The van der Waals surface area contributed by atoms with E-state index in [2.05, 4.69) is 34.6 Å². The topological polar surface area (TPSA) is 74.8 Å². The number of hydrogen-bond acceptors (Lipinski definition) is 5. The summed E-state index contributed by atoms with van der Waals surface area (Å²) in [5, 5.41) is 3.75. The van der Waals surface area contributed by atoms with Gasteiger partial charge >= 0.3 is 0 Å². The van der Waals surface area contributed by atoms with Crippen molar-refractivity contribution in [1.29, 1.82) is 0 Å². The van der Waals surface area contributed by atoms with E-state index in [-0.39, 0.29) is 23.9 Å². The summed E-state index contributed by atoms with van der Waals surface area (Å²) < 4.78 is 5.74. The predicted octanol–water partition coefficient (Wildman–Crippen LogP) is 4.06. The van der Waals surface area contributed by atoms with E-state index < -0.39 is 0 Å². The Kier molecular flexibility index (Phi) is 7.51. The summed E-state index contributed by atoms with van der Waals surface area (Å²) in [6.07, 6.45) is 6.97. The van der Waals surface area contributed by atoms with Gasteiger partial charge in [0.05, 0.1) is 19.6 Å². The average Bonchev–Trinajstić information content (AvgIpc) is 2.94. The largest absolute Gasteiger partial charge is 0.496 e. The average molecular weight is 499 g/mol. The van der Waals surface area contributed by atoms with E-state index in [0.29, 0.717) is 19.4 Å². The quantitative estimate of drug-likeness (QED) is 0.532. The fourth-order valence-corrected chi connectivity index (χ4v) is 5.61. The Bertz CT molecular complexity index is 1250. The molecule has 0 aliphatic carbocycles. The molecule has 2 amide bonds. The van der Waals surface area contributed by atoms with Gasteiger partial charge in [-0.15, -0.1) is 0 Å². The van der Waals surface area contributed by atoms with Gasteiger partial charge in [-0.2, -0.15) is 0 Å². The van der Waals surface area contributed by atoms with Gasteiger partial charge in [0.25, 0.3) is 0 Å². The van der Waals surface area contributed by atoms with Crippen LogP contribution in [0.3, 0.4) is 0 Å². The van der Waals surface area contributed by atoms with Crippen molar-refractivity contribution in [2.24, 2.45) is 0 Å². The van der Waals surface area contributed by atoms with Crippen LogP contribution in [-0.4, -0.2) is 48.4 Å². The highest BCUT2D eigenvalue weighted by Crippen LogP contribution is 2.35. The molecule has 37 heavy (non-hydrogen) atoms. The maximum absolute atomic E-state index is 13.5. The summed E-state index contributed by atoms with van der Waals surface area (Å²) >= 11 is 0. The molecule has 0 radical (unpaired) electrons. The van der Waals surface area contributed by atoms with E-state index in [1.165, 1.54) is 0 Å². The second-order valence-corrected chi connectivity index (χ2v) is 9.86. The molecule has 1 N–H and O–H groups in total.